The van der Waals surface area contributed by atoms with Gasteiger partial charge >= 0.3 is 0 Å². The summed E-state index contributed by atoms with van der Waals surface area (Å²) in [6.45, 7) is 4.10. The molecular weight excluding hydrogens is 100 g/mol. The predicted octanol–water partition coefficient (Wildman–Crippen LogP) is 1.15. The Bertz CT molecular complexity index is 84.5. The Morgan fingerprint density at radius 1 is 1.50 bits per heavy atom. The lowest BCUT2D eigenvalue weighted by atomic mass is 10.4. The Labute approximate surface area is 50.1 Å². The molecule has 46 valence electrons. The normalized spacial score (nSPS) is 10.4. The van der Waals surface area contributed by atoms with Gasteiger partial charge in [0.25, 0.3) is 0 Å². The van der Waals surface area contributed by atoms with Gasteiger partial charge in [-0.05, 0) is 26.1 Å². The van der Waals surface area contributed by atoms with E-state index in [2.05, 4.69) is 5.32 Å². The van der Waals surface area contributed by atoms with Crippen LogP contribution in [0.1, 0.15) is 13.8 Å². The monoisotopic (exact) mass is 112 g/mol. The molecule has 2 heteroatoms. The van der Waals surface area contributed by atoms with Crippen molar-refractivity contribution in [3.05, 3.63) is 12.3 Å². The first-order chi connectivity index (χ1) is 3.77. The third-order valence-corrected chi connectivity index (χ3v) is 0.622. The number of hydrogen-bond donors (Lipinski definition) is 2. The van der Waals surface area contributed by atoms with E-state index in [-0.39, 0.29) is 0 Å². The van der Waals surface area contributed by atoms with Crippen LogP contribution in [-0.4, -0.2) is 12.3 Å². The van der Waals surface area contributed by atoms with Gasteiger partial charge in [-0.2, -0.15) is 0 Å². The van der Waals surface area contributed by atoms with Crippen LogP contribution in [-0.2, 0) is 0 Å². The molecule has 0 spiro atoms. The lowest BCUT2D eigenvalue weighted by Crippen LogP contribution is -2.14. The minimum Gasteiger partial charge on any atom is -0.389 e. The van der Waals surface area contributed by atoms with Gasteiger partial charge in [0.2, 0.25) is 0 Å². The molecule has 0 fully saturated rings. The highest BCUT2D eigenvalue weighted by molar-refractivity contribution is 5.67. The van der Waals surface area contributed by atoms with E-state index in [4.69, 9.17) is 5.41 Å². The molecular formula is C6H12N2. The molecule has 0 aliphatic rings. The van der Waals surface area contributed by atoms with Crippen molar-refractivity contribution in [1.29, 1.82) is 5.41 Å². The third-order valence-electron chi connectivity index (χ3n) is 0.622. The van der Waals surface area contributed by atoms with Crippen LogP contribution in [0.15, 0.2) is 12.3 Å². The van der Waals surface area contributed by atoms with Crippen LogP contribution < -0.4 is 5.32 Å². The van der Waals surface area contributed by atoms with Crippen LogP contribution in [0.5, 0.6) is 0 Å². The SMILES string of the molecule is CC(C)N/C=C\C=N. The van der Waals surface area contributed by atoms with Gasteiger partial charge in [-0.15, -0.1) is 0 Å². The van der Waals surface area contributed by atoms with Crippen molar-refractivity contribution >= 4 is 6.21 Å². The average Bonchev–Trinajstić information content (AvgIpc) is 1.66. The fourth-order valence-electron chi connectivity index (χ4n) is 0.296. The molecule has 0 aromatic rings. The van der Waals surface area contributed by atoms with Crippen molar-refractivity contribution in [1.82, 2.24) is 5.32 Å². The van der Waals surface area contributed by atoms with Crippen LogP contribution in [0.3, 0.4) is 0 Å². The van der Waals surface area contributed by atoms with Gasteiger partial charge in [-0.3, -0.25) is 0 Å². The Morgan fingerprint density at radius 3 is 2.50 bits per heavy atom. The minimum atomic E-state index is 0.464. The molecule has 2 nitrogen and oxygen atoms in total. The second kappa shape index (κ2) is 4.37. The lowest BCUT2D eigenvalue weighted by Gasteiger charge is -2.00. The van der Waals surface area contributed by atoms with Crippen molar-refractivity contribution in [3.63, 3.8) is 0 Å². The number of allylic oxidation sites excluding steroid dienone is 1. The van der Waals surface area contributed by atoms with Crippen LogP contribution in [0.4, 0.5) is 0 Å². The van der Waals surface area contributed by atoms with Crippen molar-refractivity contribution in [3.8, 4) is 0 Å². The topological polar surface area (TPSA) is 35.9 Å². The molecule has 0 rings (SSSR count). The highest BCUT2D eigenvalue weighted by atomic mass is 14.9. The smallest absolute Gasteiger partial charge is 0.0199 e. The van der Waals surface area contributed by atoms with Crippen LogP contribution >= 0.6 is 0 Å². The molecule has 0 saturated heterocycles. The van der Waals surface area contributed by atoms with Gasteiger partial charge in [-0.1, -0.05) is 0 Å². The summed E-state index contributed by atoms with van der Waals surface area (Å²) in [6.07, 6.45) is 4.66. The van der Waals surface area contributed by atoms with Gasteiger partial charge in [0.15, 0.2) is 0 Å². The fraction of sp³-hybridized carbons (Fsp3) is 0.500. The fourth-order valence-corrected chi connectivity index (χ4v) is 0.296. The minimum absolute atomic E-state index is 0.464. The molecule has 0 amide bonds. The lowest BCUT2D eigenvalue weighted by molar-refractivity contribution is 0.703. The molecule has 0 saturated carbocycles. The second-order valence-corrected chi connectivity index (χ2v) is 1.85. The van der Waals surface area contributed by atoms with Gasteiger partial charge in [-0.25, -0.2) is 0 Å². The van der Waals surface area contributed by atoms with Crippen molar-refractivity contribution < 1.29 is 0 Å². The maximum Gasteiger partial charge on any atom is 0.0199 e. The van der Waals surface area contributed by atoms with Crippen LogP contribution in [0.25, 0.3) is 0 Å². The highest BCUT2D eigenvalue weighted by Gasteiger charge is 1.80. The molecule has 0 bridgehead atoms. The summed E-state index contributed by atoms with van der Waals surface area (Å²) < 4.78 is 0. The standard InChI is InChI=1S/C6H12N2/c1-6(2)8-5-3-4-7/h3-8H,1-2H3/b5-3-,7-4?. The zero-order valence-corrected chi connectivity index (χ0v) is 5.31. The maximum absolute atomic E-state index is 6.60. The Hall–Kier alpha value is -0.790. The molecule has 0 atom stereocenters. The zero-order chi connectivity index (χ0) is 6.41. The van der Waals surface area contributed by atoms with Crippen LogP contribution in [0, 0.1) is 5.41 Å². The molecule has 0 aromatic heterocycles. The molecule has 0 radical (unpaired) electrons. The number of rotatable bonds is 3. The van der Waals surface area contributed by atoms with Crippen LogP contribution in [0.2, 0.25) is 0 Å². The first-order valence-electron chi connectivity index (χ1n) is 2.69. The molecule has 0 unspecified atom stereocenters. The molecule has 0 aliphatic heterocycles. The maximum atomic E-state index is 6.60. The van der Waals surface area contributed by atoms with E-state index in [1.165, 1.54) is 6.21 Å². The third kappa shape index (κ3) is 5.21. The van der Waals surface area contributed by atoms with E-state index < -0.39 is 0 Å². The second-order valence-electron chi connectivity index (χ2n) is 1.85. The van der Waals surface area contributed by atoms with Gasteiger partial charge in [0.05, 0.1) is 0 Å². The van der Waals surface area contributed by atoms with Crippen molar-refractivity contribution in [2.24, 2.45) is 0 Å². The highest BCUT2D eigenvalue weighted by Crippen LogP contribution is 1.73. The van der Waals surface area contributed by atoms with Gasteiger partial charge < -0.3 is 10.7 Å². The average molecular weight is 112 g/mol. The van der Waals surface area contributed by atoms with E-state index in [0.717, 1.165) is 0 Å². The summed E-state index contributed by atoms with van der Waals surface area (Å²) in [6, 6.07) is 0.464. The molecule has 8 heavy (non-hydrogen) atoms. The summed E-state index contributed by atoms with van der Waals surface area (Å²) in [5, 5.41) is 9.61. The zero-order valence-electron chi connectivity index (χ0n) is 5.31. The molecule has 0 aromatic carbocycles. The summed E-state index contributed by atoms with van der Waals surface area (Å²) in [5.41, 5.74) is 0. The van der Waals surface area contributed by atoms with Gasteiger partial charge in [0, 0.05) is 12.3 Å². The summed E-state index contributed by atoms with van der Waals surface area (Å²) in [4.78, 5) is 0. The quantitative estimate of drug-likeness (QED) is 0.528. The van der Waals surface area contributed by atoms with E-state index in [0.29, 0.717) is 6.04 Å². The van der Waals surface area contributed by atoms with E-state index in [9.17, 15) is 0 Å². The molecule has 0 aliphatic carbocycles. The summed E-state index contributed by atoms with van der Waals surface area (Å²) in [5.74, 6) is 0. The van der Waals surface area contributed by atoms with E-state index in [1.807, 2.05) is 13.8 Å². The number of hydrogen-bond acceptors (Lipinski definition) is 2. The predicted molar refractivity (Wildman–Crippen MR) is 36.2 cm³/mol. The van der Waals surface area contributed by atoms with E-state index in [1.54, 1.807) is 12.3 Å². The van der Waals surface area contributed by atoms with Crippen molar-refractivity contribution in [2.45, 2.75) is 19.9 Å². The molecule has 0 heterocycles. The number of nitrogens with one attached hydrogen (secondary N) is 2. The van der Waals surface area contributed by atoms with E-state index >= 15 is 0 Å². The largest absolute Gasteiger partial charge is 0.389 e. The Kier molecular flexibility index (Phi) is 3.94. The Balaban J connectivity index is 3.15. The van der Waals surface area contributed by atoms with Crippen molar-refractivity contribution in [2.75, 3.05) is 0 Å². The Morgan fingerprint density at radius 2 is 2.12 bits per heavy atom. The first-order valence-corrected chi connectivity index (χ1v) is 2.69. The summed E-state index contributed by atoms with van der Waals surface area (Å²) in [7, 11) is 0. The molecule has 2 N–H and O–H groups in total. The summed E-state index contributed by atoms with van der Waals surface area (Å²) >= 11 is 0. The first kappa shape index (κ1) is 7.21. The van der Waals surface area contributed by atoms with Gasteiger partial charge in [0.1, 0.15) is 0 Å².